The van der Waals surface area contributed by atoms with Crippen LogP contribution in [0.2, 0.25) is 0 Å². The SMILES string of the molecule is CCOC(=O)CN(CCOC)C(=O)[C@H]1[C@@H](C(=O)O)C1(C)C. The monoisotopic (exact) mass is 301 g/mol. The second-order valence-corrected chi connectivity index (χ2v) is 5.67. The molecule has 0 bridgehead atoms. The summed E-state index contributed by atoms with van der Waals surface area (Å²) < 4.78 is 9.77. The summed E-state index contributed by atoms with van der Waals surface area (Å²) in [7, 11) is 1.49. The van der Waals surface area contributed by atoms with Gasteiger partial charge in [0.25, 0.3) is 0 Å². The van der Waals surface area contributed by atoms with Gasteiger partial charge in [-0.15, -0.1) is 0 Å². The predicted octanol–water partition coefficient (Wildman–Crippen LogP) is 0.381. The van der Waals surface area contributed by atoms with Crippen molar-refractivity contribution in [2.45, 2.75) is 20.8 Å². The molecule has 0 aromatic heterocycles. The molecule has 2 atom stereocenters. The summed E-state index contributed by atoms with van der Waals surface area (Å²) in [4.78, 5) is 36.5. The first kappa shape index (κ1) is 17.4. The Morgan fingerprint density at radius 1 is 1.24 bits per heavy atom. The standard InChI is InChI=1S/C14H23NO6/c1-5-21-9(16)8-15(6-7-20-4)12(17)10-11(13(18)19)14(10,2)3/h10-11H,5-8H2,1-4H3,(H,18,19)/t10-,11+/m1/s1. The fraction of sp³-hybridized carbons (Fsp3) is 0.786. The second-order valence-electron chi connectivity index (χ2n) is 5.67. The first-order chi connectivity index (χ1) is 9.77. The molecule has 1 amide bonds. The van der Waals surface area contributed by atoms with Crippen LogP contribution in [0.4, 0.5) is 0 Å². The number of rotatable bonds is 8. The minimum atomic E-state index is -0.985. The average Bonchev–Trinajstić information content (AvgIpc) is 2.97. The zero-order chi connectivity index (χ0) is 16.2. The topological polar surface area (TPSA) is 93.1 Å². The van der Waals surface area contributed by atoms with Crippen LogP contribution in [0.1, 0.15) is 20.8 Å². The van der Waals surface area contributed by atoms with Crippen molar-refractivity contribution in [2.75, 3.05) is 33.4 Å². The lowest BCUT2D eigenvalue weighted by Crippen LogP contribution is -2.40. The Kier molecular flexibility index (Phi) is 5.71. The Balaban J connectivity index is 2.76. The summed E-state index contributed by atoms with van der Waals surface area (Å²) in [6, 6.07) is 0. The smallest absolute Gasteiger partial charge is 0.325 e. The third-order valence-electron chi connectivity index (χ3n) is 3.86. The lowest BCUT2D eigenvalue weighted by atomic mass is 10.1. The van der Waals surface area contributed by atoms with E-state index in [1.807, 2.05) is 0 Å². The van der Waals surface area contributed by atoms with Crippen LogP contribution in [0.5, 0.6) is 0 Å². The average molecular weight is 301 g/mol. The molecule has 0 spiro atoms. The number of methoxy groups -OCH3 is 1. The van der Waals surface area contributed by atoms with Crippen molar-refractivity contribution in [3.63, 3.8) is 0 Å². The third-order valence-corrected chi connectivity index (χ3v) is 3.86. The molecule has 1 fully saturated rings. The highest BCUT2D eigenvalue weighted by atomic mass is 16.5. The molecule has 7 nitrogen and oxygen atoms in total. The quantitative estimate of drug-likeness (QED) is 0.652. The molecule has 1 rings (SSSR count). The van der Waals surface area contributed by atoms with E-state index in [4.69, 9.17) is 14.6 Å². The van der Waals surface area contributed by atoms with Crippen LogP contribution in [-0.4, -0.2) is 61.3 Å². The predicted molar refractivity (Wildman–Crippen MR) is 73.5 cm³/mol. The Bertz CT molecular complexity index is 420. The first-order valence-electron chi connectivity index (χ1n) is 6.93. The van der Waals surface area contributed by atoms with Crippen LogP contribution in [0, 0.1) is 17.3 Å². The van der Waals surface area contributed by atoms with E-state index < -0.39 is 29.2 Å². The van der Waals surface area contributed by atoms with E-state index in [1.165, 1.54) is 12.0 Å². The first-order valence-corrected chi connectivity index (χ1v) is 6.93. The Morgan fingerprint density at radius 3 is 2.29 bits per heavy atom. The van der Waals surface area contributed by atoms with Crippen LogP contribution < -0.4 is 0 Å². The lowest BCUT2D eigenvalue weighted by molar-refractivity contribution is -0.150. The summed E-state index contributed by atoms with van der Waals surface area (Å²) in [5.41, 5.74) is -0.594. The van der Waals surface area contributed by atoms with E-state index in [1.54, 1.807) is 20.8 Å². The number of hydrogen-bond donors (Lipinski definition) is 1. The van der Waals surface area contributed by atoms with E-state index in [-0.39, 0.29) is 32.2 Å². The molecule has 1 N–H and O–H groups in total. The number of esters is 1. The van der Waals surface area contributed by atoms with E-state index >= 15 is 0 Å². The van der Waals surface area contributed by atoms with Crippen molar-refractivity contribution in [3.05, 3.63) is 0 Å². The van der Waals surface area contributed by atoms with E-state index in [9.17, 15) is 14.4 Å². The summed E-state index contributed by atoms with van der Waals surface area (Å²) in [5.74, 6) is -3.15. The van der Waals surface area contributed by atoms with E-state index in [0.717, 1.165) is 0 Å². The molecule has 7 heteroatoms. The van der Waals surface area contributed by atoms with Gasteiger partial charge in [0.2, 0.25) is 5.91 Å². The zero-order valence-electron chi connectivity index (χ0n) is 12.9. The number of carboxylic acids is 1. The second kappa shape index (κ2) is 6.89. The van der Waals surface area contributed by atoms with Crippen molar-refractivity contribution in [3.8, 4) is 0 Å². The maximum Gasteiger partial charge on any atom is 0.325 e. The molecule has 0 aromatic rings. The van der Waals surface area contributed by atoms with Gasteiger partial charge in [0, 0.05) is 13.7 Å². The van der Waals surface area contributed by atoms with Gasteiger partial charge >= 0.3 is 11.9 Å². The molecular formula is C14H23NO6. The third kappa shape index (κ3) is 3.93. The van der Waals surface area contributed by atoms with Gasteiger partial charge in [-0.3, -0.25) is 14.4 Å². The summed E-state index contributed by atoms with van der Waals surface area (Å²) in [6.45, 7) is 5.72. The van der Waals surface area contributed by atoms with Crippen LogP contribution in [0.15, 0.2) is 0 Å². The number of ether oxygens (including phenoxy) is 2. The maximum atomic E-state index is 12.5. The minimum absolute atomic E-state index is 0.186. The van der Waals surface area contributed by atoms with Crippen molar-refractivity contribution >= 4 is 17.8 Å². The van der Waals surface area contributed by atoms with Crippen molar-refractivity contribution in [1.29, 1.82) is 0 Å². The van der Waals surface area contributed by atoms with Gasteiger partial charge in [0.1, 0.15) is 6.54 Å². The van der Waals surface area contributed by atoms with Crippen LogP contribution in [-0.2, 0) is 23.9 Å². The number of hydrogen-bond acceptors (Lipinski definition) is 5. The number of carbonyl (C=O) groups is 3. The molecule has 21 heavy (non-hydrogen) atoms. The van der Waals surface area contributed by atoms with Crippen molar-refractivity contribution in [2.24, 2.45) is 17.3 Å². The summed E-state index contributed by atoms with van der Waals surface area (Å²) >= 11 is 0. The van der Waals surface area contributed by atoms with Crippen LogP contribution in [0.3, 0.4) is 0 Å². The maximum absolute atomic E-state index is 12.5. The molecule has 1 saturated carbocycles. The van der Waals surface area contributed by atoms with Gasteiger partial charge in [0.05, 0.1) is 25.0 Å². The molecule has 120 valence electrons. The van der Waals surface area contributed by atoms with Crippen LogP contribution in [0.25, 0.3) is 0 Å². The zero-order valence-corrected chi connectivity index (χ0v) is 12.9. The minimum Gasteiger partial charge on any atom is -0.481 e. The largest absolute Gasteiger partial charge is 0.481 e. The highest BCUT2D eigenvalue weighted by Gasteiger charge is 2.66. The molecule has 0 unspecified atom stereocenters. The summed E-state index contributed by atoms with van der Waals surface area (Å²) in [6.07, 6.45) is 0. The molecule has 0 heterocycles. The number of carbonyl (C=O) groups excluding carboxylic acids is 2. The molecule has 0 saturated heterocycles. The van der Waals surface area contributed by atoms with Crippen molar-refractivity contribution < 1.29 is 29.0 Å². The van der Waals surface area contributed by atoms with Gasteiger partial charge < -0.3 is 19.5 Å². The number of aliphatic carboxylic acids is 1. The van der Waals surface area contributed by atoms with Gasteiger partial charge in [0.15, 0.2) is 0 Å². The Labute approximate surface area is 124 Å². The molecule has 0 aliphatic heterocycles. The number of nitrogens with zero attached hydrogens (tertiary/aromatic N) is 1. The fourth-order valence-corrected chi connectivity index (χ4v) is 2.59. The highest BCUT2D eigenvalue weighted by molar-refractivity contribution is 5.93. The van der Waals surface area contributed by atoms with E-state index in [2.05, 4.69) is 0 Å². The van der Waals surface area contributed by atoms with E-state index in [0.29, 0.717) is 0 Å². The molecular weight excluding hydrogens is 278 g/mol. The summed E-state index contributed by atoms with van der Waals surface area (Å²) in [5, 5.41) is 9.15. The normalized spacial score (nSPS) is 22.5. The van der Waals surface area contributed by atoms with Gasteiger partial charge in [-0.05, 0) is 12.3 Å². The number of amides is 1. The molecule has 0 aromatic carbocycles. The fourth-order valence-electron chi connectivity index (χ4n) is 2.59. The Hall–Kier alpha value is -1.63. The van der Waals surface area contributed by atoms with Gasteiger partial charge in [-0.1, -0.05) is 13.8 Å². The van der Waals surface area contributed by atoms with Gasteiger partial charge in [-0.25, -0.2) is 0 Å². The van der Waals surface area contributed by atoms with Crippen LogP contribution >= 0.6 is 0 Å². The molecule has 0 radical (unpaired) electrons. The van der Waals surface area contributed by atoms with Gasteiger partial charge in [-0.2, -0.15) is 0 Å². The Morgan fingerprint density at radius 2 is 1.86 bits per heavy atom. The highest BCUT2D eigenvalue weighted by Crippen LogP contribution is 2.59. The van der Waals surface area contributed by atoms with Crippen molar-refractivity contribution in [1.82, 2.24) is 4.90 Å². The molecule has 1 aliphatic rings. The molecule has 1 aliphatic carbocycles. The lowest BCUT2D eigenvalue weighted by Gasteiger charge is -2.22. The number of carboxylic acid groups (broad SMARTS) is 1.